The quantitative estimate of drug-likeness (QED) is 0.0782. The maximum absolute atomic E-state index is 12.0. The molecule has 47 heavy (non-hydrogen) atoms. The van der Waals surface area contributed by atoms with Gasteiger partial charge in [0.15, 0.2) is 23.0 Å². The van der Waals surface area contributed by atoms with Crippen LogP contribution in [0.1, 0.15) is 135 Å². The summed E-state index contributed by atoms with van der Waals surface area (Å²) in [6, 6.07) is 10.4. The van der Waals surface area contributed by atoms with Crippen molar-refractivity contribution < 1.29 is 39.5 Å². The Morgan fingerprint density at radius 1 is 0.638 bits per heavy atom. The normalized spacial score (nSPS) is 12.1. The van der Waals surface area contributed by atoms with E-state index in [2.05, 4.69) is 13.8 Å². The van der Waals surface area contributed by atoms with Crippen molar-refractivity contribution in [3.63, 3.8) is 0 Å². The lowest BCUT2D eigenvalue weighted by molar-refractivity contribution is -0.121. The van der Waals surface area contributed by atoms with Crippen molar-refractivity contribution in [1.82, 2.24) is 0 Å². The summed E-state index contributed by atoms with van der Waals surface area (Å²) in [6.07, 6.45) is 14.3. The van der Waals surface area contributed by atoms with Gasteiger partial charge in [0.25, 0.3) is 0 Å². The van der Waals surface area contributed by atoms with Gasteiger partial charge in [0.05, 0.1) is 25.9 Å². The number of aryl methyl sites for hydroxylation is 2. The van der Waals surface area contributed by atoms with Crippen LogP contribution in [0.15, 0.2) is 36.4 Å². The van der Waals surface area contributed by atoms with Crippen LogP contribution in [0.25, 0.3) is 0 Å². The predicted octanol–water partition coefficient (Wildman–Crippen LogP) is 8.42. The summed E-state index contributed by atoms with van der Waals surface area (Å²) in [7, 11) is 1.50. The molecule has 0 saturated heterocycles. The zero-order valence-electron chi connectivity index (χ0n) is 29.5. The van der Waals surface area contributed by atoms with Gasteiger partial charge < -0.3 is 29.9 Å². The first-order valence-corrected chi connectivity index (χ1v) is 17.8. The number of phenolic OH excluding ortho intramolecular Hbond substituents is 2. The third-order valence-electron chi connectivity index (χ3n) is 8.16. The topological polar surface area (TPSA) is 134 Å². The van der Waals surface area contributed by atoms with Crippen molar-refractivity contribution in [3.05, 3.63) is 47.5 Å². The van der Waals surface area contributed by atoms with E-state index in [9.17, 15) is 30.0 Å². The van der Waals surface area contributed by atoms with Crippen molar-refractivity contribution in [2.75, 3.05) is 13.7 Å². The Balaban J connectivity index is 0.000000470. The van der Waals surface area contributed by atoms with E-state index in [1.165, 1.54) is 45.6 Å². The minimum absolute atomic E-state index is 0.0707. The van der Waals surface area contributed by atoms with Gasteiger partial charge in [-0.2, -0.15) is 0 Å². The highest BCUT2D eigenvalue weighted by Gasteiger charge is 2.13. The maximum atomic E-state index is 12.0. The Bertz CT molecular complexity index is 1130. The molecule has 0 aliphatic carbocycles. The molecular weight excluding hydrogens is 596 g/mol. The SMILES string of the molecule is CCCCCCCC(O)CC(=O)CCc1ccc(OC)c(O)c1.CCCCCCCC(O)CC(=O)CCc1ccc(OCC)c(O)c1. The second kappa shape index (κ2) is 25.9. The molecule has 266 valence electrons. The highest BCUT2D eigenvalue weighted by Crippen LogP contribution is 2.28. The first-order chi connectivity index (χ1) is 22.6. The molecule has 0 amide bonds. The Labute approximate surface area is 283 Å². The lowest BCUT2D eigenvalue weighted by atomic mass is 10.0. The summed E-state index contributed by atoms with van der Waals surface area (Å²) in [6.45, 7) is 6.72. The van der Waals surface area contributed by atoms with Gasteiger partial charge in [-0.05, 0) is 68.0 Å². The number of aromatic hydroxyl groups is 2. The van der Waals surface area contributed by atoms with Crippen molar-refractivity contribution in [2.24, 2.45) is 0 Å². The number of carbonyl (C=O) groups is 2. The number of ketones is 2. The van der Waals surface area contributed by atoms with Gasteiger partial charge in [0.1, 0.15) is 11.6 Å². The number of aliphatic hydroxyl groups is 2. The van der Waals surface area contributed by atoms with Crippen molar-refractivity contribution in [2.45, 2.75) is 149 Å². The van der Waals surface area contributed by atoms with Crippen molar-refractivity contribution in [1.29, 1.82) is 0 Å². The number of carbonyl (C=O) groups excluding carboxylic acids is 2. The van der Waals surface area contributed by atoms with E-state index in [1.807, 2.05) is 19.1 Å². The molecule has 4 N–H and O–H groups in total. The smallest absolute Gasteiger partial charge is 0.160 e. The molecular formula is C39H62O8. The highest BCUT2D eigenvalue weighted by molar-refractivity contribution is 5.79. The van der Waals surface area contributed by atoms with E-state index in [-0.39, 0.29) is 35.9 Å². The number of hydrogen-bond donors (Lipinski definition) is 4. The van der Waals surface area contributed by atoms with Gasteiger partial charge in [0, 0.05) is 25.7 Å². The van der Waals surface area contributed by atoms with Crippen molar-refractivity contribution >= 4 is 11.6 Å². The first kappa shape index (κ1) is 41.9. The van der Waals surface area contributed by atoms with E-state index >= 15 is 0 Å². The Kier molecular flexibility index (Phi) is 23.1. The number of unbranched alkanes of at least 4 members (excludes halogenated alkanes) is 8. The number of Topliss-reactive ketones (excluding diaryl/α,β-unsaturated/α-hetero) is 2. The van der Waals surface area contributed by atoms with Crippen LogP contribution in [0, 0.1) is 0 Å². The third-order valence-corrected chi connectivity index (χ3v) is 8.16. The van der Waals surface area contributed by atoms with Gasteiger partial charge in [-0.25, -0.2) is 0 Å². The molecule has 0 aliphatic heterocycles. The van der Waals surface area contributed by atoms with Crippen LogP contribution in [-0.2, 0) is 22.4 Å². The molecule has 2 aromatic rings. The molecule has 8 nitrogen and oxygen atoms in total. The molecule has 0 spiro atoms. The van der Waals surface area contributed by atoms with E-state index in [0.717, 1.165) is 36.8 Å². The highest BCUT2D eigenvalue weighted by atomic mass is 16.5. The average Bonchev–Trinajstić information content (AvgIpc) is 3.04. The molecule has 0 saturated carbocycles. The largest absolute Gasteiger partial charge is 0.504 e. The van der Waals surface area contributed by atoms with Crippen molar-refractivity contribution in [3.8, 4) is 23.0 Å². The van der Waals surface area contributed by atoms with Crippen LogP contribution < -0.4 is 9.47 Å². The van der Waals surface area contributed by atoms with Gasteiger partial charge in [-0.3, -0.25) is 9.59 Å². The molecule has 0 bridgehead atoms. The van der Waals surface area contributed by atoms with Crippen LogP contribution >= 0.6 is 0 Å². The lowest BCUT2D eigenvalue weighted by Gasteiger charge is -2.10. The summed E-state index contributed by atoms with van der Waals surface area (Å²) in [4.78, 5) is 23.9. The minimum atomic E-state index is -0.521. The van der Waals surface area contributed by atoms with Crippen LogP contribution in [0.5, 0.6) is 23.0 Å². The van der Waals surface area contributed by atoms with E-state index in [0.29, 0.717) is 56.6 Å². The van der Waals surface area contributed by atoms with E-state index in [1.54, 1.807) is 24.3 Å². The molecule has 8 heteroatoms. The molecule has 2 rings (SSSR count). The number of benzene rings is 2. The van der Waals surface area contributed by atoms with Gasteiger partial charge >= 0.3 is 0 Å². The average molecular weight is 659 g/mol. The summed E-state index contributed by atoms with van der Waals surface area (Å²) in [5.41, 5.74) is 1.80. The minimum Gasteiger partial charge on any atom is -0.504 e. The Morgan fingerprint density at radius 2 is 1.06 bits per heavy atom. The molecule has 0 aliphatic rings. The fourth-order valence-corrected chi connectivity index (χ4v) is 5.36. The van der Waals surface area contributed by atoms with E-state index < -0.39 is 12.2 Å². The predicted molar refractivity (Wildman–Crippen MR) is 189 cm³/mol. The second-order valence-corrected chi connectivity index (χ2v) is 12.4. The summed E-state index contributed by atoms with van der Waals surface area (Å²) >= 11 is 0. The molecule has 2 atom stereocenters. The summed E-state index contributed by atoms with van der Waals surface area (Å²) < 4.78 is 10.3. The fourth-order valence-electron chi connectivity index (χ4n) is 5.36. The zero-order chi connectivity index (χ0) is 34.9. The first-order valence-electron chi connectivity index (χ1n) is 17.8. The van der Waals surface area contributed by atoms with Crippen LogP contribution in [0.3, 0.4) is 0 Å². The Hall–Kier alpha value is -3.10. The number of rotatable bonds is 25. The van der Waals surface area contributed by atoms with Gasteiger partial charge in [0.2, 0.25) is 0 Å². The second-order valence-electron chi connectivity index (χ2n) is 12.4. The van der Waals surface area contributed by atoms with Gasteiger partial charge in [-0.15, -0.1) is 0 Å². The lowest BCUT2D eigenvalue weighted by Crippen LogP contribution is -2.14. The maximum Gasteiger partial charge on any atom is 0.160 e. The zero-order valence-corrected chi connectivity index (χ0v) is 29.5. The van der Waals surface area contributed by atoms with Crippen LogP contribution in [0.4, 0.5) is 0 Å². The number of ether oxygens (including phenoxy) is 2. The fraction of sp³-hybridized carbons (Fsp3) is 0.641. The summed E-state index contributed by atoms with van der Waals surface area (Å²) in [5, 5.41) is 39.4. The van der Waals surface area contributed by atoms with Crippen LogP contribution in [0.2, 0.25) is 0 Å². The van der Waals surface area contributed by atoms with Gasteiger partial charge in [-0.1, -0.05) is 90.2 Å². The number of phenols is 2. The molecule has 0 radical (unpaired) electrons. The number of methoxy groups -OCH3 is 1. The Morgan fingerprint density at radius 3 is 1.45 bits per heavy atom. The number of hydrogen-bond acceptors (Lipinski definition) is 8. The molecule has 0 fully saturated rings. The molecule has 0 heterocycles. The van der Waals surface area contributed by atoms with Crippen LogP contribution in [-0.4, -0.2) is 57.9 Å². The van der Waals surface area contributed by atoms with E-state index in [4.69, 9.17) is 9.47 Å². The number of aliphatic hydroxyl groups excluding tert-OH is 2. The molecule has 2 unspecified atom stereocenters. The molecule has 0 aromatic heterocycles. The molecule has 2 aromatic carbocycles. The summed E-state index contributed by atoms with van der Waals surface area (Å²) in [5.74, 6) is 1.23. The standard InChI is InChI=1S/C20H32O4.C19H30O4/c1-3-5-6-7-8-9-17(21)15-18(22)12-10-16-11-13-20(24-4-2)19(23)14-16;1-3-4-5-6-7-8-16(20)14-17(21)11-9-15-10-12-19(23-2)18(22)13-15/h11,13-14,17,21,23H,3-10,12,15H2,1-2H3;10,12-13,16,20,22H,3-9,11,14H2,1-2H3. The monoisotopic (exact) mass is 658 g/mol. The third kappa shape index (κ3) is 20.0.